The first-order chi connectivity index (χ1) is 22.3. The van der Waals surface area contributed by atoms with Gasteiger partial charge in [-0.3, -0.25) is 9.59 Å². The number of hydrogen-bond acceptors (Lipinski definition) is 8. The van der Waals surface area contributed by atoms with Crippen molar-refractivity contribution >= 4 is 32.7 Å². The van der Waals surface area contributed by atoms with Crippen LogP contribution in [0.1, 0.15) is 58.6 Å². The van der Waals surface area contributed by atoms with Crippen molar-refractivity contribution in [3.05, 3.63) is 87.6 Å². The molecule has 2 fully saturated rings. The molecule has 2 N–H and O–H groups in total. The summed E-state index contributed by atoms with van der Waals surface area (Å²) in [4.78, 5) is 38.2. The van der Waals surface area contributed by atoms with Gasteiger partial charge in [-0.25, -0.2) is 22.2 Å². The van der Waals surface area contributed by atoms with Crippen molar-refractivity contribution in [3.63, 3.8) is 0 Å². The first-order valence-corrected chi connectivity index (χ1v) is 16.9. The summed E-state index contributed by atoms with van der Waals surface area (Å²) < 4.78 is 56.6. The molecule has 4 heterocycles. The smallest absolute Gasteiger partial charge is 0.282 e. The molecule has 3 aromatic heterocycles. The van der Waals surface area contributed by atoms with Gasteiger partial charge in [0.15, 0.2) is 0 Å². The minimum absolute atomic E-state index is 0.134. The highest BCUT2D eigenvalue weighted by molar-refractivity contribution is 7.91. The Hall–Kier alpha value is -4.43. The van der Waals surface area contributed by atoms with E-state index in [1.807, 2.05) is 12.1 Å². The molecule has 1 aliphatic heterocycles. The molecule has 0 bridgehead atoms. The quantitative estimate of drug-likeness (QED) is 0.240. The normalized spacial score (nSPS) is 16.5. The second kappa shape index (κ2) is 12.3. The number of aromatic amines is 1. The van der Waals surface area contributed by atoms with Crippen LogP contribution in [-0.4, -0.2) is 76.4 Å². The number of piperazine rings is 1. The highest BCUT2D eigenvalue weighted by Gasteiger charge is 2.55. The van der Waals surface area contributed by atoms with Crippen LogP contribution >= 0.6 is 0 Å². The van der Waals surface area contributed by atoms with E-state index in [4.69, 9.17) is 0 Å². The number of benzene rings is 1. The summed E-state index contributed by atoms with van der Waals surface area (Å²) in [5.41, 5.74) is 1.06. The second-order valence-electron chi connectivity index (χ2n) is 12.4. The molecule has 1 saturated heterocycles. The minimum atomic E-state index is -4.27. The monoisotopic (exact) mass is 665 g/mol. The van der Waals surface area contributed by atoms with Gasteiger partial charge >= 0.3 is 0 Å². The predicted octanol–water partition coefficient (Wildman–Crippen LogP) is 4.31. The third-order valence-electron chi connectivity index (χ3n) is 9.16. The summed E-state index contributed by atoms with van der Waals surface area (Å²) >= 11 is 0. The van der Waals surface area contributed by atoms with E-state index in [0.717, 1.165) is 32.0 Å². The molecule has 6 rings (SSSR count). The fraction of sp³-hybridized carbons (Fsp3) is 0.394. The van der Waals surface area contributed by atoms with Gasteiger partial charge in [-0.15, -0.1) is 6.58 Å². The number of nitrogens with zero attached hydrogens (tertiary/aromatic N) is 5. The maximum atomic E-state index is 14.6. The van der Waals surface area contributed by atoms with E-state index in [9.17, 15) is 26.8 Å². The zero-order valence-corrected chi connectivity index (χ0v) is 27.3. The molecule has 1 aliphatic carbocycles. The van der Waals surface area contributed by atoms with Crippen LogP contribution in [0.4, 0.5) is 14.6 Å². The van der Waals surface area contributed by atoms with Gasteiger partial charge in [-0.2, -0.15) is 9.19 Å². The van der Waals surface area contributed by atoms with Crippen LogP contribution in [0.5, 0.6) is 0 Å². The lowest BCUT2D eigenvalue weighted by molar-refractivity contribution is 0.0952. The molecule has 0 spiro atoms. The van der Waals surface area contributed by atoms with Crippen molar-refractivity contribution in [2.75, 3.05) is 38.1 Å². The van der Waals surface area contributed by atoms with Gasteiger partial charge in [0, 0.05) is 61.1 Å². The van der Waals surface area contributed by atoms with Crippen molar-refractivity contribution in [1.29, 1.82) is 0 Å². The number of amides is 1. The molecule has 248 valence electrons. The number of nitrogens with one attached hydrogen (secondary N) is 2. The highest BCUT2D eigenvalue weighted by atomic mass is 32.2. The van der Waals surface area contributed by atoms with Crippen LogP contribution in [0.25, 0.3) is 22.0 Å². The van der Waals surface area contributed by atoms with Crippen LogP contribution in [0.15, 0.2) is 54.0 Å². The Balaban J connectivity index is 1.48. The van der Waals surface area contributed by atoms with Gasteiger partial charge in [-0.1, -0.05) is 6.08 Å². The average molecular weight is 666 g/mol. The number of rotatable bonds is 10. The highest BCUT2D eigenvalue weighted by Crippen LogP contribution is 2.49. The maximum absolute atomic E-state index is 14.6. The molecule has 11 nitrogen and oxygen atoms in total. The summed E-state index contributed by atoms with van der Waals surface area (Å²) in [6.45, 7) is 10.4. The summed E-state index contributed by atoms with van der Waals surface area (Å²) in [5, 5.41) is 6.37. The molecule has 1 saturated carbocycles. The summed E-state index contributed by atoms with van der Waals surface area (Å²) in [7, 11) is -2.21. The molecule has 0 atom stereocenters. The molecule has 1 amide bonds. The number of aryl methyl sites for hydroxylation is 2. The molecule has 47 heavy (non-hydrogen) atoms. The van der Waals surface area contributed by atoms with Crippen molar-refractivity contribution in [2.24, 2.45) is 0 Å². The van der Waals surface area contributed by atoms with Gasteiger partial charge in [0.25, 0.3) is 27.9 Å². The Kier molecular flexibility index (Phi) is 8.51. The standard InChI is InChI=1S/C33H37F2N7O4S/c1-5-8-33(9-10-33)47(45,46)42-26-17-23(22-6-7-27(36-18-22)41-13-11-40(4)12-14-41)16-24(28(26)29(39-42)30(34)35)31(43)37-19-25-20(2)15-21(3)38-32(25)44/h5-7,15-18,30H,1,8-14,19H2,2-4H3,(H,37,43)(H,38,44). The largest absolute Gasteiger partial charge is 0.354 e. The number of carbonyl (C=O) groups is 1. The lowest BCUT2D eigenvalue weighted by Gasteiger charge is -2.33. The van der Waals surface area contributed by atoms with Crippen LogP contribution in [0, 0.1) is 13.8 Å². The van der Waals surface area contributed by atoms with E-state index in [0.29, 0.717) is 44.9 Å². The first-order valence-electron chi connectivity index (χ1n) is 15.4. The summed E-state index contributed by atoms with van der Waals surface area (Å²) in [6.07, 6.45) is 0.749. The molecule has 2 aliphatic rings. The van der Waals surface area contributed by atoms with E-state index in [1.54, 1.807) is 26.1 Å². The number of fused-ring (bicyclic) bond motifs is 1. The van der Waals surface area contributed by atoms with Crippen molar-refractivity contribution in [2.45, 2.75) is 50.8 Å². The number of alkyl halides is 2. The Morgan fingerprint density at radius 2 is 1.85 bits per heavy atom. The van der Waals surface area contributed by atoms with Crippen LogP contribution in [0.3, 0.4) is 0 Å². The molecular formula is C33H37F2N7O4S. The van der Waals surface area contributed by atoms with E-state index in [2.05, 4.69) is 43.8 Å². The number of aromatic nitrogens is 4. The molecule has 4 aromatic rings. The van der Waals surface area contributed by atoms with Gasteiger partial charge in [-0.05, 0) is 81.6 Å². The number of hydrogen-bond donors (Lipinski definition) is 2. The number of likely N-dealkylation sites (N-methyl/N-ethyl adjacent to an activating group) is 1. The third kappa shape index (κ3) is 5.95. The summed E-state index contributed by atoms with van der Waals surface area (Å²) in [6, 6.07) is 8.33. The molecule has 14 heteroatoms. The second-order valence-corrected chi connectivity index (χ2v) is 14.6. The third-order valence-corrected chi connectivity index (χ3v) is 11.6. The lowest BCUT2D eigenvalue weighted by Crippen LogP contribution is -2.44. The van der Waals surface area contributed by atoms with Crippen LogP contribution in [0.2, 0.25) is 0 Å². The van der Waals surface area contributed by atoms with Gasteiger partial charge in [0.05, 0.1) is 15.8 Å². The number of pyridine rings is 2. The average Bonchev–Trinajstić information content (AvgIpc) is 3.72. The zero-order chi connectivity index (χ0) is 33.7. The van der Waals surface area contributed by atoms with Gasteiger partial charge < -0.3 is 20.1 Å². The molecule has 1 aromatic carbocycles. The number of halogens is 2. The molecular weight excluding hydrogens is 628 g/mol. The van der Waals surface area contributed by atoms with Gasteiger partial charge in [0.1, 0.15) is 11.5 Å². The van der Waals surface area contributed by atoms with Crippen molar-refractivity contribution in [3.8, 4) is 11.1 Å². The Bertz CT molecular complexity index is 2030. The van der Waals surface area contributed by atoms with E-state index in [1.165, 1.54) is 18.2 Å². The number of carbonyl (C=O) groups excluding carboxylic acids is 1. The molecule has 0 unspecified atom stereocenters. The van der Waals surface area contributed by atoms with Gasteiger partial charge in [0.2, 0.25) is 0 Å². The van der Waals surface area contributed by atoms with Crippen LogP contribution in [-0.2, 0) is 16.6 Å². The zero-order valence-electron chi connectivity index (χ0n) is 26.5. The number of H-pyrrole nitrogens is 1. The van der Waals surface area contributed by atoms with E-state index in [-0.39, 0.29) is 35.0 Å². The fourth-order valence-electron chi connectivity index (χ4n) is 6.23. The SMILES string of the molecule is C=CCC1(S(=O)(=O)n2nc(C(F)F)c3c(C(=O)NCc4c(C)cc(C)[nH]c4=O)cc(-c4ccc(N5CCN(C)CC5)nc4)cc32)CC1. The van der Waals surface area contributed by atoms with E-state index >= 15 is 0 Å². The van der Waals surface area contributed by atoms with Crippen molar-refractivity contribution < 1.29 is 22.0 Å². The van der Waals surface area contributed by atoms with Crippen molar-refractivity contribution in [1.82, 2.24) is 29.4 Å². The number of anilines is 1. The topological polar surface area (TPSA) is 133 Å². The Morgan fingerprint density at radius 3 is 2.45 bits per heavy atom. The fourth-order valence-corrected chi connectivity index (χ4v) is 8.14. The molecule has 0 radical (unpaired) electrons. The Labute approximate surface area is 271 Å². The first kappa shape index (κ1) is 32.5. The lowest BCUT2D eigenvalue weighted by atomic mass is 9.99. The minimum Gasteiger partial charge on any atom is -0.354 e. The van der Waals surface area contributed by atoms with Crippen LogP contribution < -0.4 is 15.8 Å². The summed E-state index contributed by atoms with van der Waals surface area (Å²) in [5.74, 6) is 0.0107. The maximum Gasteiger partial charge on any atom is 0.282 e. The Morgan fingerprint density at radius 1 is 1.13 bits per heavy atom. The number of allylic oxidation sites excluding steroid dienone is 1. The van der Waals surface area contributed by atoms with E-state index < -0.39 is 32.8 Å². The predicted molar refractivity (Wildman–Crippen MR) is 176 cm³/mol.